The Morgan fingerprint density at radius 2 is 1.90 bits per heavy atom. The fourth-order valence-electron chi connectivity index (χ4n) is 4.17. The maximum Gasteiger partial charge on any atom is 0.270 e. The number of halogens is 2. The molecule has 0 unspecified atom stereocenters. The molecule has 0 saturated heterocycles. The first-order chi connectivity index (χ1) is 19.8. The first-order valence-corrected chi connectivity index (χ1v) is 15.9. The Morgan fingerprint density at radius 3 is 2.40 bits per heavy atom. The fraction of sp³-hybridized carbons (Fsp3) is 0.486. The number of rotatable bonds is 13. The van der Waals surface area contributed by atoms with Crippen molar-refractivity contribution in [1.82, 2.24) is 10.2 Å². The number of thiophene rings is 1. The standard InChI is InChI=1S/C23H33F2NOS.C12H18N2/c1-7-10-11-17(23(6,24)25)14-18(8-2)26-22(27)20-15-28-21(9-3)19(20)13-12-16(4)5;1-5-12(8-10(2)3)14-7-6-13-9-11(14)4/h8,10-11,14-16H,7,9,12-13H2,1-6H3,(H,26,27);6-10H,4-5H2,1-3H3/b11-10+,17-14+,18-8+;12-8-. The highest BCUT2D eigenvalue weighted by Crippen LogP contribution is 2.28. The van der Waals surface area contributed by atoms with Crippen LogP contribution in [-0.2, 0) is 12.8 Å². The van der Waals surface area contributed by atoms with Gasteiger partial charge in [0.05, 0.1) is 17.5 Å². The van der Waals surface area contributed by atoms with Gasteiger partial charge in [-0.3, -0.25) is 9.79 Å². The van der Waals surface area contributed by atoms with Crippen LogP contribution < -0.4 is 5.32 Å². The van der Waals surface area contributed by atoms with Gasteiger partial charge in [0.15, 0.2) is 0 Å². The normalized spacial score (nSPS) is 14.7. The van der Waals surface area contributed by atoms with Gasteiger partial charge < -0.3 is 10.2 Å². The van der Waals surface area contributed by atoms with Crippen molar-refractivity contribution in [3.63, 3.8) is 0 Å². The molecule has 0 aliphatic carbocycles. The summed E-state index contributed by atoms with van der Waals surface area (Å²) in [5.74, 6) is -2.11. The number of carbonyl (C=O) groups excluding carboxylic acids is 1. The van der Waals surface area contributed by atoms with Crippen molar-refractivity contribution in [2.24, 2.45) is 16.8 Å². The van der Waals surface area contributed by atoms with Gasteiger partial charge in [-0.05, 0) is 62.5 Å². The third kappa shape index (κ3) is 12.4. The Balaban J connectivity index is 0.000000525. The number of alkyl halides is 2. The van der Waals surface area contributed by atoms with Crippen LogP contribution in [0.15, 0.2) is 82.4 Å². The van der Waals surface area contributed by atoms with Crippen LogP contribution in [0.5, 0.6) is 0 Å². The predicted octanol–water partition coefficient (Wildman–Crippen LogP) is 10.4. The molecule has 1 aromatic heterocycles. The van der Waals surface area contributed by atoms with E-state index in [0.29, 0.717) is 29.5 Å². The molecule has 2 heterocycles. The summed E-state index contributed by atoms with van der Waals surface area (Å²) in [6.07, 6.45) is 18.3. The number of hydrogen-bond acceptors (Lipinski definition) is 4. The number of carbonyl (C=O) groups is 1. The van der Waals surface area contributed by atoms with Crippen molar-refractivity contribution in [3.05, 3.63) is 93.4 Å². The van der Waals surface area contributed by atoms with E-state index < -0.39 is 5.92 Å². The number of nitrogens with one attached hydrogen (secondary N) is 1. The minimum atomic E-state index is -2.98. The molecule has 1 aliphatic heterocycles. The lowest BCUT2D eigenvalue weighted by molar-refractivity contribution is 0.0672. The number of hydrogen-bond donors (Lipinski definition) is 1. The highest BCUT2D eigenvalue weighted by atomic mass is 32.1. The summed E-state index contributed by atoms with van der Waals surface area (Å²) in [5.41, 5.74) is 4.21. The molecule has 0 aromatic carbocycles. The predicted molar refractivity (Wildman–Crippen MR) is 178 cm³/mol. The maximum absolute atomic E-state index is 13.9. The van der Waals surface area contributed by atoms with Crippen molar-refractivity contribution in [3.8, 4) is 0 Å². The van der Waals surface area contributed by atoms with Crippen LogP contribution in [-0.4, -0.2) is 22.9 Å². The zero-order valence-corrected chi connectivity index (χ0v) is 27.9. The monoisotopic (exact) mass is 599 g/mol. The molecular formula is C35H51F2N3OS. The molecule has 0 saturated carbocycles. The highest BCUT2D eigenvalue weighted by Gasteiger charge is 2.26. The SMILES string of the molecule is C=C1C=NC=CN1/C(=C\C(C)C)CC.C\C=C(/C=C(\C=C\CC)C(C)(F)F)NC(=O)c1csc(CC)c1CCC(C)C. The van der Waals surface area contributed by atoms with Crippen LogP contribution in [0.4, 0.5) is 8.78 Å². The minimum absolute atomic E-state index is 0.123. The van der Waals surface area contributed by atoms with Gasteiger partial charge in [-0.2, -0.15) is 0 Å². The third-order valence-corrected chi connectivity index (χ3v) is 7.64. The maximum atomic E-state index is 13.9. The summed E-state index contributed by atoms with van der Waals surface area (Å²) in [7, 11) is 0. The summed E-state index contributed by atoms with van der Waals surface area (Å²) in [4.78, 5) is 20.2. The Bertz CT molecular complexity index is 1210. The zero-order chi connectivity index (χ0) is 31.9. The largest absolute Gasteiger partial charge is 0.322 e. The van der Waals surface area contributed by atoms with Gasteiger partial charge in [0.25, 0.3) is 11.8 Å². The Hall–Kier alpha value is -3.06. The van der Waals surface area contributed by atoms with Gasteiger partial charge in [-0.1, -0.05) is 79.3 Å². The van der Waals surface area contributed by atoms with Crippen LogP contribution in [0.25, 0.3) is 0 Å². The molecule has 0 atom stereocenters. The average molecular weight is 600 g/mol. The van der Waals surface area contributed by atoms with E-state index in [1.807, 2.05) is 18.5 Å². The molecule has 2 rings (SSSR count). The fourth-order valence-corrected chi connectivity index (χ4v) is 5.20. The van der Waals surface area contributed by atoms with Gasteiger partial charge in [0.2, 0.25) is 0 Å². The highest BCUT2D eigenvalue weighted by molar-refractivity contribution is 7.10. The van der Waals surface area contributed by atoms with E-state index in [-0.39, 0.29) is 11.5 Å². The van der Waals surface area contributed by atoms with E-state index in [1.165, 1.54) is 22.7 Å². The molecular weight excluding hydrogens is 548 g/mol. The molecule has 1 N–H and O–H groups in total. The molecule has 0 spiro atoms. The molecule has 0 fully saturated rings. The van der Waals surface area contributed by atoms with Crippen LogP contribution in [0.2, 0.25) is 0 Å². The molecule has 0 radical (unpaired) electrons. The van der Waals surface area contributed by atoms with Crippen LogP contribution >= 0.6 is 11.3 Å². The van der Waals surface area contributed by atoms with E-state index in [9.17, 15) is 13.6 Å². The van der Waals surface area contributed by atoms with Crippen LogP contribution in [0, 0.1) is 11.8 Å². The van der Waals surface area contributed by atoms with Crippen LogP contribution in [0.1, 0.15) is 102 Å². The molecule has 0 bridgehead atoms. The van der Waals surface area contributed by atoms with E-state index in [4.69, 9.17) is 0 Å². The van der Waals surface area contributed by atoms with Crippen molar-refractivity contribution >= 4 is 23.5 Å². The second-order valence-corrected chi connectivity index (χ2v) is 12.0. The Kier molecular flexibility index (Phi) is 16.3. The van der Waals surface area contributed by atoms with Gasteiger partial charge in [-0.15, -0.1) is 11.3 Å². The first-order valence-electron chi connectivity index (χ1n) is 15.0. The van der Waals surface area contributed by atoms with Crippen molar-refractivity contribution < 1.29 is 13.6 Å². The lowest BCUT2D eigenvalue weighted by Crippen LogP contribution is -2.24. The lowest BCUT2D eigenvalue weighted by Gasteiger charge is -2.25. The smallest absolute Gasteiger partial charge is 0.270 e. The van der Waals surface area contributed by atoms with Crippen LogP contribution in [0.3, 0.4) is 0 Å². The number of aryl methyl sites for hydroxylation is 1. The van der Waals surface area contributed by atoms with Gasteiger partial charge >= 0.3 is 0 Å². The molecule has 7 heteroatoms. The van der Waals surface area contributed by atoms with E-state index >= 15 is 0 Å². The van der Waals surface area contributed by atoms with Crippen molar-refractivity contribution in [2.75, 3.05) is 0 Å². The Morgan fingerprint density at radius 1 is 1.21 bits per heavy atom. The number of aliphatic imine (C=N–C) groups is 1. The summed E-state index contributed by atoms with van der Waals surface area (Å²) < 4.78 is 27.8. The molecule has 42 heavy (non-hydrogen) atoms. The number of nitrogens with zero attached hydrogens (tertiary/aromatic N) is 2. The van der Waals surface area contributed by atoms with E-state index in [1.54, 1.807) is 42.8 Å². The topological polar surface area (TPSA) is 44.7 Å². The molecule has 4 nitrogen and oxygen atoms in total. The van der Waals surface area contributed by atoms with Crippen molar-refractivity contribution in [1.29, 1.82) is 0 Å². The van der Waals surface area contributed by atoms with E-state index in [2.05, 4.69) is 69.4 Å². The minimum Gasteiger partial charge on any atom is -0.322 e. The van der Waals surface area contributed by atoms with Gasteiger partial charge in [-0.25, -0.2) is 8.78 Å². The molecule has 232 valence electrons. The molecule has 1 aliphatic rings. The van der Waals surface area contributed by atoms with Gasteiger partial charge in [0, 0.05) is 46.5 Å². The van der Waals surface area contributed by atoms with Gasteiger partial charge in [0.1, 0.15) is 0 Å². The average Bonchev–Trinajstić information content (AvgIpc) is 3.35. The second kappa shape index (κ2) is 18.5. The quantitative estimate of drug-likeness (QED) is 0.229. The third-order valence-electron chi connectivity index (χ3n) is 6.47. The molecule has 1 aromatic rings. The van der Waals surface area contributed by atoms with E-state index in [0.717, 1.165) is 43.9 Å². The first kappa shape index (κ1) is 37.0. The number of allylic oxidation sites excluding steroid dienone is 8. The summed E-state index contributed by atoms with van der Waals surface area (Å²) >= 11 is 1.59. The summed E-state index contributed by atoms with van der Waals surface area (Å²) in [6.45, 7) is 21.4. The Labute approximate surface area is 257 Å². The summed E-state index contributed by atoms with van der Waals surface area (Å²) in [5, 5.41) is 4.69. The number of amides is 1. The second-order valence-electron chi connectivity index (χ2n) is 11.0. The zero-order valence-electron chi connectivity index (χ0n) is 27.1. The summed E-state index contributed by atoms with van der Waals surface area (Å²) in [6, 6.07) is 0. The molecule has 1 amide bonds. The lowest BCUT2D eigenvalue weighted by atomic mass is 9.99. The van der Waals surface area contributed by atoms with Crippen molar-refractivity contribution in [2.45, 2.75) is 100 Å².